The summed E-state index contributed by atoms with van der Waals surface area (Å²) in [5.41, 5.74) is 4.34. The molecule has 154 valence electrons. The number of benzene rings is 3. The van der Waals surface area contributed by atoms with E-state index in [1.54, 1.807) is 6.20 Å². The van der Waals surface area contributed by atoms with Crippen LogP contribution in [0.5, 0.6) is 0 Å². The molecule has 1 amide bonds. The smallest absolute Gasteiger partial charge is 0.224 e. The van der Waals surface area contributed by atoms with Gasteiger partial charge in [0.15, 0.2) is 0 Å². The largest absolute Gasteiger partial charge is 0.361 e. The quantitative estimate of drug-likeness (QED) is 0.372. The van der Waals surface area contributed by atoms with Crippen LogP contribution in [0.1, 0.15) is 24.0 Å². The number of rotatable bonds is 7. The van der Waals surface area contributed by atoms with Crippen LogP contribution in [-0.2, 0) is 17.8 Å². The van der Waals surface area contributed by atoms with Gasteiger partial charge in [0.1, 0.15) is 0 Å². The number of nitrogens with zero attached hydrogens (tertiary/aromatic N) is 2. The maximum Gasteiger partial charge on any atom is 0.224 e. The zero-order valence-corrected chi connectivity index (χ0v) is 17.2. The molecule has 3 aromatic carbocycles. The van der Waals surface area contributed by atoms with Crippen LogP contribution in [-0.4, -0.2) is 20.7 Å². The van der Waals surface area contributed by atoms with Gasteiger partial charge in [0.25, 0.3) is 0 Å². The molecule has 31 heavy (non-hydrogen) atoms. The first kappa shape index (κ1) is 19.1. The number of amides is 1. The molecular weight excluding hydrogens is 384 g/mol. The Morgan fingerprint density at radius 3 is 2.68 bits per heavy atom. The van der Waals surface area contributed by atoms with E-state index < -0.39 is 0 Å². The van der Waals surface area contributed by atoms with Crippen molar-refractivity contribution in [2.75, 3.05) is 5.32 Å². The Morgan fingerprint density at radius 1 is 0.935 bits per heavy atom. The highest BCUT2D eigenvalue weighted by atomic mass is 16.1. The van der Waals surface area contributed by atoms with E-state index in [0.717, 1.165) is 24.0 Å². The second-order valence-corrected chi connectivity index (χ2v) is 7.83. The highest BCUT2D eigenvalue weighted by Gasteiger charge is 2.08. The third-order valence-corrected chi connectivity index (χ3v) is 5.65. The summed E-state index contributed by atoms with van der Waals surface area (Å²) in [5, 5.41) is 11.1. The number of para-hydroxylation sites is 1. The first-order chi connectivity index (χ1) is 15.3. The van der Waals surface area contributed by atoms with Crippen molar-refractivity contribution in [1.29, 1.82) is 0 Å². The zero-order valence-electron chi connectivity index (χ0n) is 17.2. The van der Waals surface area contributed by atoms with Crippen molar-refractivity contribution in [3.8, 4) is 0 Å². The van der Waals surface area contributed by atoms with E-state index in [2.05, 4.69) is 63.9 Å². The van der Waals surface area contributed by atoms with E-state index in [4.69, 9.17) is 0 Å². The molecule has 0 spiro atoms. The minimum absolute atomic E-state index is 0.0181. The molecule has 0 aliphatic rings. The number of aryl methyl sites for hydroxylation is 1. The standard InChI is InChI=1S/C26H24N4O/c31-26(14-6-9-20-15-27-25-13-4-3-12-24(20)25)29-22-16-28-30(18-22)17-21-10-5-8-19-7-1-2-11-23(19)21/h1-5,7-8,10-13,15-16,18,27H,6,9,14,17H2,(H,29,31). The van der Waals surface area contributed by atoms with Crippen molar-refractivity contribution in [3.63, 3.8) is 0 Å². The fraction of sp³-hybridized carbons (Fsp3) is 0.154. The lowest BCUT2D eigenvalue weighted by molar-refractivity contribution is -0.116. The number of fused-ring (bicyclic) bond motifs is 2. The van der Waals surface area contributed by atoms with Crippen LogP contribution in [0.2, 0.25) is 0 Å². The second kappa shape index (κ2) is 8.48. The zero-order chi connectivity index (χ0) is 21.0. The summed E-state index contributed by atoms with van der Waals surface area (Å²) in [5.74, 6) is 0.0181. The first-order valence-corrected chi connectivity index (χ1v) is 10.6. The van der Waals surface area contributed by atoms with Crippen LogP contribution in [0.4, 0.5) is 5.69 Å². The van der Waals surface area contributed by atoms with Gasteiger partial charge in [-0.05, 0) is 40.8 Å². The monoisotopic (exact) mass is 408 g/mol. The van der Waals surface area contributed by atoms with Gasteiger partial charge in [-0.1, -0.05) is 60.7 Å². The maximum atomic E-state index is 12.4. The van der Waals surface area contributed by atoms with E-state index in [0.29, 0.717) is 13.0 Å². The molecule has 2 aromatic heterocycles. The third-order valence-electron chi connectivity index (χ3n) is 5.65. The lowest BCUT2D eigenvalue weighted by atomic mass is 10.0. The lowest BCUT2D eigenvalue weighted by Crippen LogP contribution is -2.11. The number of hydrogen-bond acceptors (Lipinski definition) is 2. The van der Waals surface area contributed by atoms with Crippen molar-refractivity contribution >= 4 is 33.3 Å². The van der Waals surface area contributed by atoms with E-state index in [1.807, 2.05) is 35.3 Å². The minimum atomic E-state index is 0.0181. The van der Waals surface area contributed by atoms with Gasteiger partial charge in [0.2, 0.25) is 5.91 Å². The van der Waals surface area contributed by atoms with Gasteiger partial charge in [-0.3, -0.25) is 9.48 Å². The molecule has 0 aliphatic carbocycles. The van der Waals surface area contributed by atoms with Gasteiger partial charge in [-0.2, -0.15) is 5.10 Å². The Bertz CT molecular complexity index is 1340. The number of carbonyl (C=O) groups excluding carboxylic acids is 1. The minimum Gasteiger partial charge on any atom is -0.361 e. The molecule has 0 saturated heterocycles. The van der Waals surface area contributed by atoms with Gasteiger partial charge < -0.3 is 10.3 Å². The molecule has 0 aliphatic heterocycles. The van der Waals surface area contributed by atoms with Crippen LogP contribution in [0.3, 0.4) is 0 Å². The van der Waals surface area contributed by atoms with E-state index in [1.165, 1.54) is 27.3 Å². The summed E-state index contributed by atoms with van der Waals surface area (Å²) in [7, 11) is 0. The highest BCUT2D eigenvalue weighted by Crippen LogP contribution is 2.21. The average molecular weight is 409 g/mol. The molecule has 5 aromatic rings. The Kier molecular flexibility index (Phi) is 5.23. The summed E-state index contributed by atoms with van der Waals surface area (Å²) in [4.78, 5) is 15.7. The number of aromatic nitrogens is 3. The van der Waals surface area contributed by atoms with Gasteiger partial charge in [0.05, 0.1) is 18.4 Å². The van der Waals surface area contributed by atoms with Gasteiger partial charge in [-0.15, -0.1) is 0 Å². The van der Waals surface area contributed by atoms with Crippen molar-refractivity contribution < 1.29 is 4.79 Å². The molecule has 0 saturated carbocycles. The first-order valence-electron chi connectivity index (χ1n) is 10.6. The average Bonchev–Trinajstić information content (AvgIpc) is 3.41. The molecule has 0 radical (unpaired) electrons. The fourth-order valence-corrected chi connectivity index (χ4v) is 4.12. The number of H-pyrrole nitrogens is 1. The molecule has 0 fully saturated rings. The van der Waals surface area contributed by atoms with E-state index >= 15 is 0 Å². The Morgan fingerprint density at radius 2 is 1.74 bits per heavy atom. The van der Waals surface area contributed by atoms with Crippen LogP contribution in [0.25, 0.3) is 21.7 Å². The summed E-state index contributed by atoms with van der Waals surface area (Å²) >= 11 is 0. The summed E-state index contributed by atoms with van der Waals surface area (Å²) in [6, 6.07) is 22.9. The fourth-order valence-electron chi connectivity index (χ4n) is 4.12. The Hall–Kier alpha value is -3.86. The van der Waals surface area contributed by atoms with Crippen LogP contribution in [0.15, 0.2) is 85.3 Å². The molecule has 2 N–H and O–H groups in total. The molecule has 0 atom stereocenters. The number of hydrogen-bond donors (Lipinski definition) is 2. The molecule has 2 heterocycles. The lowest BCUT2D eigenvalue weighted by Gasteiger charge is -2.06. The second-order valence-electron chi connectivity index (χ2n) is 7.83. The van der Waals surface area contributed by atoms with Crippen molar-refractivity contribution in [2.24, 2.45) is 0 Å². The molecule has 5 heteroatoms. The molecule has 5 rings (SSSR count). The van der Waals surface area contributed by atoms with Crippen molar-refractivity contribution in [2.45, 2.75) is 25.8 Å². The highest BCUT2D eigenvalue weighted by molar-refractivity contribution is 5.90. The van der Waals surface area contributed by atoms with Gasteiger partial charge in [0, 0.05) is 29.7 Å². The summed E-state index contributed by atoms with van der Waals surface area (Å²) in [6.07, 6.45) is 7.80. The molecule has 5 nitrogen and oxygen atoms in total. The molecule has 0 bridgehead atoms. The van der Waals surface area contributed by atoms with Crippen molar-refractivity contribution in [3.05, 3.63) is 96.4 Å². The predicted molar refractivity (Wildman–Crippen MR) is 125 cm³/mol. The van der Waals surface area contributed by atoms with E-state index in [9.17, 15) is 4.79 Å². The maximum absolute atomic E-state index is 12.4. The Balaban J connectivity index is 1.17. The molecular formula is C26H24N4O. The Labute approximate surface area is 180 Å². The SMILES string of the molecule is O=C(CCCc1c[nH]c2ccccc12)Nc1cnn(Cc2cccc3ccccc23)c1. The van der Waals surface area contributed by atoms with Crippen molar-refractivity contribution in [1.82, 2.24) is 14.8 Å². The van der Waals surface area contributed by atoms with Crippen LogP contribution in [0, 0.1) is 0 Å². The number of anilines is 1. The third kappa shape index (κ3) is 4.21. The predicted octanol–water partition coefficient (Wildman–Crippen LogP) is 5.53. The number of aromatic amines is 1. The van der Waals surface area contributed by atoms with Crippen LogP contribution < -0.4 is 5.32 Å². The topological polar surface area (TPSA) is 62.7 Å². The van der Waals surface area contributed by atoms with E-state index in [-0.39, 0.29) is 5.91 Å². The molecule has 0 unspecified atom stereocenters. The van der Waals surface area contributed by atoms with Gasteiger partial charge in [-0.25, -0.2) is 0 Å². The summed E-state index contributed by atoms with van der Waals surface area (Å²) < 4.78 is 1.86. The number of nitrogens with one attached hydrogen (secondary N) is 2. The number of carbonyl (C=O) groups is 1. The summed E-state index contributed by atoms with van der Waals surface area (Å²) in [6.45, 7) is 0.664. The normalized spacial score (nSPS) is 11.2. The van der Waals surface area contributed by atoms with Crippen LogP contribution >= 0.6 is 0 Å². The van der Waals surface area contributed by atoms with Gasteiger partial charge >= 0.3 is 0 Å².